The Labute approximate surface area is 143 Å². The van der Waals surface area contributed by atoms with Crippen molar-refractivity contribution in [2.45, 2.75) is 38.3 Å². The first-order chi connectivity index (χ1) is 10.9. The summed E-state index contributed by atoms with van der Waals surface area (Å²) in [6, 6.07) is 3.67. The lowest BCUT2D eigenvalue weighted by atomic mass is 10.1. The molecule has 1 fully saturated rings. The molecule has 0 heterocycles. The van der Waals surface area contributed by atoms with Crippen molar-refractivity contribution in [3.63, 3.8) is 0 Å². The van der Waals surface area contributed by atoms with E-state index in [1.165, 1.54) is 7.11 Å². The van der Waals surface area contributed by atoms with Crippen LogP contribution in [0.3, 0.4) is 0 Å². The van der Waals surface area contributed by atoms with Gasteiger partial charge in [0.15, 0.2) is 17.6 Å². The second-order valence-electron chi connectivity index (χ2n) is 5.39. The molecule has 1 atom stereocenters. The molecular formula is C16H20BrNO5. The lowest BCUT2D eigenvalue weighted by molar-refractivity contribution is -0.154. The number of carbonyl (C=O) groups is 2. The molecule has 0 spiro atoms. The van der Waals surface area contributed by atoms with Crippen molar-refractivity contribution < 1.29 is 23.8 Å². The van der Waals surface area contributed by atoms with Gasteiger partial charge in [0.2, 0.25) is 0 Å². The van der Waals surface area contributed by atoms with Crippen LogP contribution in [0.1, 0.15) is 25.3 Å². The zero-order valence-corrected chi connectivity index (χ0v) is 14.9. The average Bonchev–Trinajstić information content (AvgIpc) is 3.32. The fourth-order valence-corrected chi connectivity index (χ4v) is 2.49. The van der Waals surface area contributed by atoms with Crippen LogP contribution in [0.4, 0.5) is 0 Å². The normalized spacial score (nSPS) is 14.8. The number of benzene rings is 1. The summed E-state index contributed by atoms with van der Waals surface area (Å²) in [6.45, 7) is 1.57. The lowest BCUT2D eigenvalue weighted by Crippen LogP contribution is -2.37. The van der Waals surface area contributed by atoms with Gasteiger partial charge in [-0.2, -0.15) is 0 Å². The topological polar surface area (TPSA) is 73.9 Å². The average molecular weight is 386 g/mol. The third-order valence-electron chi connectivity index (χ3n) is 3.49. The van der Waals surface area contributed by atoms with Gasteiger partial charge in [0, 0.05) is 10.5 Å². The van der Waals surface area contributed by atoms with Gasteiger partial charge < -0.3 is 19.5 Å². The predicted molar refractivity (Wildman–Crippen MR) is 87.7 cm³/mol. The minimum Gasteiger partial charge on any atom is -0.493 e. The van der Waals surface area contributed by atoms with Crippen LogP contribution in [-0.2, 0) is 20.7 Å². The molecule has 0 saturated heterocycles. The van der Waals surface area contributed by atoms with E-state index in [-0.39, 0.29) is 18.4 Å². The highest BCUT2D eigenvalue weighted by atomic mass is 79.9. The van der Waals surface area contributed by atoms with Gasteiger partial charge in [-0.3, -0.25) is 9.59 Å². The minimum absolute atomic E-state index is 0.0297. The van der Waals surface area contributed by atoms with E-state index in [2.05, 4.69) is 21.2 Å². The van der Waals surface area contributed by atoms with E-state index in [0.29, 0.717) is 21.5 Å². The summed E-state index contributed by atoms with van der Waals surface area (Å²) in [5, 5.41) is 2.81. The summed E-state index contributed by atoms with van der Waals surface area (Å²) in [5.41, 5.74) is 0.697. The number of amides is 1. The van der Waals surface area contributed by atoms with Gasteiger partial charge in [0.25, 0.3) is 5.91 Å². The third kappa shape index (κ3) is 4.86. The first-order valence-electron chi connectivity index (χ1n) is 7.34. The van der Waals surface area contributed by atoms with E-state index in [4.69, 9.17) is 14.2 Å². The van der Waals surface area contributed by atoms with Gasteiger partial charge in [-0.1, -0.05) is 15.9 Å². The van der Waals surface area contributed by atoms with Gasteiger partial charge in [0.05, 0.1) is 20.6 Å². The van der Waals surface area contributed by atoms with Gasteiger partial charge in [-0.05, 0) is 37.5 Å². The number of esters is 1. The number of nitrogens with one attached hydrogen (secondary N) is 1. The molecule has 0 unspecified atom stereocenters. The molecule has 126 valence electrons. The molecule has 1 amide bonds. The number of carbonyl (C=O) groups excluding carboxylic acids is 2. The van der Waals surface area contributed by atoms with E-state index in [0.717, 1.165) is 12.8 Å². The van der Waals surface area contributed by atoms with Crippen LogP contribution in [0, 0.1) is 0 Å². The van der Waals surface area contributed by atoms with E-state index < -0.39 is 12.1 Å². The maximum absolute atomic E-state index is 12.0. The first-order valence-corrected chi connectivity index (χ1v) is 8.14. The Morgan fingerprint density at radius 2 is 1.87 bits per heavy atom. The van der Waals surface area contributed by atoms with Crippen LogP contribution in [0.15, 0.2) is 16.6 Å². The van der Waals surface area contributed by atoms with Gasteiger partial charge in [0.1, 0.15) is 0 Å². The first kappa shape index (κ1) is 17.6. The van der Waals surface area contributed by atoms with Crippen LogP contribution < -0.4 is 14.8 Å². The van der Waals surface area contributed by atoms with Gasteiger partial charge in [-0.25, -0.2) is 0 Å². The molecule has 0 radical (unpaired) electrons. The molecule has 1 N–H and O–H groups in total. The highest BCUT2D eigenvalue weighted by Crippen LogP contribution is 2.33. The highest BCUT2D eigenvalue weighted by molar-refractivity contribution is 9.10. The van der Waals surface area contributed by atoms with E-state index >= 15 is 0 Å². The van der Waals surface area contributed by atoms with Crippen LogP contribution in [-0.4, -0.2) is 38.2 Å². The van der Waals surface area contributed by atoms with Crippen molar-refractivity contribution in [1.82, 2.24) is 5.32 Å². The summed E-state index contributed by atoms with van der Waals surface area (Å²) < 4.78 is 16.3. The summed E-state index contributed by atoms with van der Waals surface area (Å²) >= 11 is 3.39. The zero-order chi connectivity index (χ0) is 17.0. The lowest BCUT2D eigenvalue weighted by Gasteiger charge is -2.15. The largest absolute Gasteiger partial charge is 0.493 e. The highest BCUT2D eigenvalue weighted by Gasteiger charge is 2.27. The Morgan fingerprint density at radius 1 is 1.26 bits per heavy atom. The van der Waals surface area contributed by atoms with Crippen molar-refractivity contribution in [3.8, 4) is 11.5 Å². The molecule has 2 rings (SSSR count). The van der Waals surface area contributed by atoms with Crippen LogP contribution >= 0.6 is 15.9 Å². The van der Waals surface area contributed by atoms with Crippen LogP contribution in [0.25, 0.3) is 0 Å². The standard InChI is InChI=1S/C16H20BrNO5/c1-9(16(20)18-11-4-5-11)23-15(19)7-10-6-13(21-2)14(22-3)8-12(10)17/h6,8-9,11H,4-5,7H2,1-3H3,(H,18,20)/t9-/m0/s1. The predicted octanol–water partition coefficient (Wildman–Crippen LogP) is 2.22. The van der Waals surface area contributed by atoms with Crippen LogP contribution in [0.2, 0.25) is 0 Å². The molecule has 7 heteroatoms. The summed E-state index contributed by atoms with van der Waals surface area (Å²) in [5.74, 6) is 0.357. The Morgan fingerprint density at radius 3 is 2.43 bits per heavy atom. The Hall–Kier alpha value is -1.76. The summed E-state index contributed by atoms with van der Waals surface area (Å²) in [7, 11) is 3.07. The zero-order valence-electron chi connectivity index (χ0n) is 13.3. The molecule has 1 aliphatic rings. The van der Waals surface area contributed by atoms with E-state index in [1.54, 1.807) is 26.2 Å². The SMILES string of the molecule is COc1cc(Br)c(CC(=O)O[C@@H](C)C(=O)NC2CC2)cc1OC. The van der Waals surface area contributed by atoms with Gasteiger partial charge in [-0.15, -0.1) is 0 Å². The number of halogens is 1. The van der Waals surface area contributed by atoms with Crippen molar-refractivity contribution in [1.29, 1.82) is 0 Å². The molecule has 23 heavy (non-hydrogen) atoms. The minimum atomic E-state index is -0.804. The van der Waals surface area contributed by atoms with E-state index in [9.17, 15) is 9.59 Å². The second kappa shape index (κ2) is 7.68. The number of hydrogen-bond donors (Lipinski definition) is 1. The maximum atomic E-state index is 12.0. The Bertz CT molecular complexity index is 600. The molecule has 1 aromatic carbocycles. The number of ether oxygens (including phenoxy) is 3. The molecule has 1 aromatic rings. The smallest absolute Gasteiger partial charge is 0.311 e. The fraction of sp³-hybridized carbons (Fsp3) is 0.500. The van der Waals surface area contributed by atoms with Gasteiger partial charge >= 0.3 is 5.97 Å². The fourth-order valence-electron chi connectivity index (χ4n) is 2.03. The quantitative estimate of drug-likeness (QED) is 0.728. The molecule has 1 saturated carbocycles. The summed E-state index contributed by atoms with van der Waals surface area (Å²) in [6.07, 6.45) is 1.21. The Kier molecular flexibility index (Phi) is 5.87. The maximum Gasteiger partial charge on any atom is 0.311 e. The second-order valence-corrected chi connectivity index (χ2v) is 6.24. The molecule has 6 nitrogen and oxygen atoms in total. The molecule has 0 aromatic heterocycles. The Balaban J connectivity index is 1.97. The van der Waals surface area contributed by atoms with E-state index in [1.807, 2.05) is 0 Å². The monoisotopic (exact) mass is 385 g/mol. The number of rotatable bonds is 7. The van der Waals surface area contributed by atoms with Crippen LogP contribution in [0.5, 0.6) is 11.5 Å². The van der Waals surface area contributed by atoms with Crippen molar-refractivity contribution >= 4 is 27.8 Å². The molecule has 0 bridgehead atoms. The molecule has 1 aliphatic carbocycles. The summed E-state index contributed by atoms with van der Waals surface area (Å²) in [4.78, 5) is 23.8. The third-order valence-corrected chi connectivity index (χ3v) is 4.23. The number of methoxy groups -OCH3 is 2. The molecule has 0 aliphatic heterocycles. The molecular weight excluding hydrogens is 366 g/mol. The van der Waals surface area contributed by atoms with Crippen molar-refractivity contribution in [2.75, 3.05) is 14.2 Å². The van der Waals surface area contributed by atoms with Crippen molar-refractivity contribution in [2.24, 2.45) is 0 Å². The number of hydrogen-bond acceptors (Lipinski definition) is 5. The van der Waals surface area contributed by atoms with Crippen molar-refractivity contribution in [3.05, 3.63) is 22.2 Å².